The lowest BCUT2D eigenvalue weighted by Crippen LogP contribution is -2.39. The maximum atomic E-state index is 12.6. The van der Waals surface area contributed by atoms with Crippen molar-refractivity contribution in [2.75, 3.05) is 38.1 Å². The summed E-state index contributed by atoms with van der Waals surface area (Å²) in [7, 11) is 0. The molecule has 1 N–H and O–H groups in total. The molecule has 164 valence electrons. The van der Waals surface area contributed by atoms with Gasteiger partial charge in [0.25, 0.3) is 0 Å². The number of rotatable bonds is 6. The number of hydrogen-bond acceptors (Lipinski definition) is 3. The van der Waals surface area contributed by atoms with Gasteiger partial charge in [-0.15, -0.1) is 0 Å². The van der Waals surface area contributed by atoms with E-state index in [0.29, 0.717) is 43.5 Å². The van der Waals surface area contributed by atoms with Crippen molar-refractivity contribution in [3.05, 3.63) is 65.2 Å². The molecule has 0 saturated carbocycles. The summed E-state index contributed by atoms with van der Waals surface area (Å²) in [5.41, 5.74) is 1.64. The van der Waals surface area contributed by atoms with Crippen molar-refractivity contribution in [1.82, 2.24) is 9.80 Å². The van der Waals surface area contributed by atoms with Gasteiger partial charge in [-0.25, -0.2) is 4.79 Å². The van der Waals surface area contributed by atoms with Gasteiger partial charge in [0.2, 0.25) is 5.91 Å². The highest BCUT2D eigenvalue weighted by Crippen LogP contribution is 2.16. The van der Waals surface area contributed by atoms with E-state index in [2.05, 4.69) is 12.2 Å². The average Bonchev–Trinajstić information content (AvgIpc) is 3.05. The second-order valence-corrected chi connectivity index (χ2v) is 7.79. The molecule has 2 aromatic carbocycles. The van der Waals surface area contributed by atoms with Crippen LogP contribution >= 0.6 is 11.6 Å². The fourth-order valence-electron chi connectivity index (χ4n) is 3.24. The van der Waals surface area contributed by atoms with Crippen LogP contribution < -0.4 is 10.1 Å². The number of nitrogens with zero attached hydrogens (tertiary/aromatic N) is 2. The summed E-state index contributed by atoms with van der Waals surface area (Å²) in [6, 6.07) is 14.5. The summed E-state index contributed by atoms with van der Waals surface area (Å²) >= 11 is 5.88. The summed E-state index contributed by atoms with van der Waals surface area (Å²) in [4.78, 5) is 28.7. The largest absolute Gasteiger partial charge is 0.494 e. The van der Waals surface area contributed by atoms with E-state index in [1.807, 2.05) is 30.3 Å². The monoisotopic (exact) mass is 441 g/mol. The molecule has 1 saturated heterocycles. The lowest BCUT2D eigenvalue weighted by atomic mass is 10.2. The van der Waals surface area contributed by atoms with Crippen LogP contribution in [0.15, 0.2) is 54.6 Å². The van der Waals surface area contributed by atoms with Crippen LogP contribution in [0.4, 0.5) is 10.5 Å². The summed E-state index contributed by atoms with van der Waals surface area (Å²) in [5, 5.41) is 3.50. The molecule has 1 aliphatic rings. The molecule has 31 heavy (non-hydrogen) atoms. The van der Waals surface area contributed by atoms with Gasteiger partial charge in [-0.1, -0.05) is 30.7 Å². The Hall–Kier alpha value is -2.99. The van der Waals surface area contributed by atoms with Crippen molar-refractivity contribution in [1.29, 1.82) is 0 Å². The van der Waals surface area contributed by atoms with Gasteiger partial charge in [0.1, 0.15) is 5.75 Å². The number of hydrogen-bond donors (Lipinski definition) is 1. The molecule has 1 heterocycles. The number of amides is 3. The van der Waals surface area contributed by atoms with Gasteiger partial charge >= 0.3 is 6.03 Å². The first-order chi connectivity index (χ1) is 15.0. The lowest BCUT2D eigenvalue weighted by molar-refractivity contribution is -0.125. The van der Waals surface area contributed by atoms with E-state index in [4.69, 9.17) is 16.3 Å². The first-order valence-electron chi connectivity index (χ1n) is 10.6. The molecule has 0 aromatic heterocycles. The van der Waals surface area contributed by atoms with Gasteiger partial charge in [0, 0.05) is 43.0 Å². The smallest absolute Gasteiger partial charge is 0.321 e. The predicted octanol–water partition coefficient (Wildman–Crippen LogP) is 4.91. The highest BCUT2D eigenvalue weighted by atomic mass is 35.5. The van der Waals surface area contributed by atoms with Crippen LogP contribution in [0.5, 0.6) is 5.75 Å². The second-order valence-electron chi connectivity index (χ2n) is 7.35. The Morgan fingerprint density at radius 3 is 2.39 bits per heavy atom. The van der Waals surface area contributed by atoms with Gasteiger partial charge in [0.05, 0.1) is 6.61 Å². The fraction of sp³-hybridized carbons (Fsp3) is 0.333. The Bertz CT molecular complexity index is 897. The van der Waals surface area contributed by atoms with Crippen molar-refractivity contribution in [3.8, 4) is 5.75 Å². The zero-order valence-electron chi connectivity index (χ0n) is 17.7. The second kappa shape index (κ2) is 11.4. The first-order valence-corrected chi connectivity index (χ1v) is 10.9. The Morgan fingerprint density at radius 2 is 1.68 bits per heavy atom. The van der Waals surface area contributed by atoms with Gasteiger partial charge in [-0.2, -0.15) is 0 Å². The number of carbonyl (C=O) groups is 2. The molecule has 3 amide bonds. The number of benzene rings is 2. The maximum absolute atomic E-state index is 12.6. The minimum absolute atomic E-state index is 0.0498. The van der Waals surface area contributed by atoms with E-state index in [9.17, 15) is 9.59 Å². The van der Waals surface area contributed by atoms with Crippen LogP contribution in [-0.2, 0) is 4.79 Å². The number of carbonyl (C=O) groups excluding carboxylic acids is 2. The normalized spacial score (nSPS) is 14.4. The lowest BCUT2D eigenvalue weighted by Gasteiger charge is -2.22. The molecule has 1 aliphatic heterocycles. The summed E-state index contributed by atoms with van der Waals surface area (Å²) in [6.45, 7) is 4.97. The molecule has 0 bridgehead atoms. The van der Waals surface area contributed by atoms with E-state index in [1.165, 1.54) is 0 Å². The van der Waals surface area contributed by atoms with Gasteiger partial charge in [-0.3, -0.25) is 4.79 Å². The van der Waals surface area contributed by atoms with Gasteiger partial charge in [0.15, 0.2) is 0 Å². The predicted molar refractivity (Wildman–Crippen MR) is 125 cm³/mol. The fourth-order valence-corrected chi connectivity index (χ4v) is 3.37. The van der Waals surface area contributed by atoms with E-state index in [1.54, 1.807) is 40.1 Å². The molecule has 3 rings (SSSR count). The minimum atomic E-state index is -0.169. The zero-order chi connectivity index (χ0) is 22.1. The average molecular weight is 442 g/mol. The van der Waals surface area contributed by atoms with Crippen LogP contribution in [0.3, 0.4) is 0 Å². The standard InChI is InChI=1S/C24H28ClN3O3/c1-2-18-31-22-11-4-19(5-12-22)6-13-23(29)27-14-3-15-28(17-16-27)24(30)26-21-9-7-20(25)8-10-21/h4-13H,2-3,14-18H2,1H3,(H,26,30)/b13-6+. The molecule has 0 unspecified atom stereocenters. The minimum Gasteiger partial charge on any atom is -0.494 e. The molecule has 0 atom stereocenters. The van der Waals surface area contributed by atoms with Crippen molar-refractivity contribution < 1.29 is 14.3 Å². The molecule has 6 nitrogen and oxygen atoms in total. The summed E-state index contributed by atoms with van der Waals surface area (Å²) in [5.74, 6) is 0.779. The quantitative estimate of drug-likeness (QED) is 0.648. The Labute approximate surface area is 188 Å². The van der Waals surface area contributed by atoms with E-state index in [-0.39, 0.29) is 11.9 Å². The van der Waals surface area contributed by atoms with Crippen LogP contribution in [0.1, 0.15) is 25.3 Å². The molecular weight excluding hydrogens is 414 g/mol. The zero-order valence-corrected chi connectivity index (χ0v) is 18.5. The van der Waals surface area contributed by atoms with Crippen molar-refractivity contribution in [3.63, 3.8) is 0 Å². The molecule has 0 spiro atoms. The van der Waals surface area contributed by atoms with Crippen LogP contribution in [0.2, 0.25) is 5.02 Å². The topological polar surface area (TPSA) is 61.9 Å². The number of halogens is 1. The summed E-state index contributed by atoms with van der Waals surface area (Å²) < 4.78 is 5.57. The third-order valence-electron chi connectivity index (χ3n) is 4.96. The van der Waals surface area contributed by atoms with Crippen LogP contribution in [-0.4, -0.2) is 54.5 Å². The highest BCUT2D eigenvalue weighted by molar-refractivity contribution is 6.30. The number of urea groups is 1. The van der Waals surface area contributed by atoms with E-state index >= 15 is 0 Å². The molecule has 0 radical (unpaired) electrons. The third kappa shape index (κ3) is 7.03. The Morgan fingerprint density at radius 1 is 1.00 bits per heavy atom. The first kappa shape index (κ1) is 22.7. The van der Waals surface area contributed by atoms with E-state index < -0.39 is 0 Å². The molecule has 0 aliphatic carbocycles. The summed E-state index contributed by atoms with van der Waals surface area (Å²) in [6.07, 6.45) is 5.09. The van der Waals surface area contributed by atoms with Gasteiger partial charge in [-0.05, 0) is 60.9 Å². The number of anilines is 1. The van der Waals surface area contributed by atoms with Crippen LogP contribution in [0.25, 0.3) is 6.08 Å². The maximum Gasteiger partial charge on any atom is 0.321 e. The molecule has 2 aromatic rings. The van der Waals surface area contributed by atoms with Crippen molar-refractivity contribution in [2.24, 2.45) is 0 Å². The number of ether oxygens (including phenoxy) is 1. The Kier molecular flexibility index (Phi) is 8.35. The molecular formula is C24H28ClN3O3. The van der Waals surface area contributed by atoms with Crippen molar-refractivity contribution in [2.45, 2.75) is 19.8 Å². The SMILES string of the molecule is CCCOc1ccc(/C=C/C(=O)N2CCCN(C(=O)Nc3ccc(Cl)cc3)CC2)cc1. The van der Waals surface area contributed by atoms with E-state index in [0.717, 1.165) is 24.2 Å². The van der Waals surface area contributed by atoms with Crippen molar-refractivity contribution >= 4 is 35.3 Å². The molecule has 7 heteroatoms. The highest BCUT2D eigenvalue weighted by Gasteiger charge is 2.21. The molecule has 1 fully saturated rings. The number of nitrogens with one attached hydrogen (secondary N) is 1. The van der Waals surface area contributed by atoms with Gasteiger partial charge < -0.3 is 19.9 Å². The Balaban J connectivity index is 1.50. The third-order valence-corrected chi connectivity index (χ3v) is 5.21. The van der Waals surface area contributed by atoms with Crippen LogP contribution in [0, 0.1) is 0 Å².